The number of aliphatic carboxylic acids is 1. The molecule has 0 aromatic heterocycles. The quantitative estimate of drug-likeness (QED) is 0.731. The standard InChI is InChI=1S/C11H13IN2O3/c1-2-8(10(15)16)13-11(17)14-9-6-4-3-5-7(9)12/h3-6,8H,2H2,1H3,(H,15,16)(H2,13,14,17)/t8-/m1/s1. The van der Waals surface area contributed by atoms with Crippen LogP contribution in [0.1, 0.15) is 13.3 Å². The van der Waals surface area contributed by atoms with Crippen LogP contribution in [0, 0.1) is 3.57 Å². The number of amides is 2. The van der Waals surface area contributed by atoms with Gasteiger partial charge >= 0.3 is 12.0 Å². The molecule has 0 heterocycles. The first-order chi connectivity index (χ1) is 8.04. The fourth-order valence-corrected chi connectivity index (χ4v) is 1.74. The van der Waals surface area contributed by atoms with Gasteiger partial charge in [0.05, 0.1) is 5.69 Å². The second-order valence-electron chi connectivity index (χ2n) is 3.38. The van der Waals surface area contributed by atoms with Gasteiger partial charge in [-0.2, -0.15) is 0 Å². The Morgan fingerprint density at radius 2 is 2.06 bits per heavy atom. The van der Waals surface area contributed by atoms with Gasteiger partial charge in [0.2, 0.25) is 0 Å². The Bertz CT molecular complexity index is 423. The average molecular weight is 348 g/mol. The fraction of sp³-hybridized carbons (Fsp3) is 0.273. The number of hydrogen-bond acceptors (Lipinski definition) is 2. The van der Waals surface area contributed by atoms with Crippen molar-refractivity contribution in [1.82, 2.24) is 5.32 Å². The molecule has 2 amide bonds. The van der Waals surface area contributed by atoms with Crippen molar-refractivity contribution in [2.24, 2.45) is 0 Å². The predicted molar refractivity (Wildman–Crippen MR) is 73.0 cm³/mol. The summed E-state index contributed by atoms with van der Waals surface area (Å²) in [5.74, 6) is -1.04. The van der Waals surface area contributed by atoms with Crippen molar-refractivity contribution in [3.63, 3.8) is 0 Å². The molecule has 0 saturated heterocycles. The molecule has 1 aromatic carbocycles. The Labute approximate surface area is 113 Å². The molecule has 0 fully saturated rings. The maximum Gasteiger partial charge on any atom is 0.326 e. The van der Waals surface area contributed by atoms with Crippen LogP contribution in [0.4, 0.5) is 10.5 Å². The molecule has 0 aliphatic carbocycles. The van der Waals surface area contributed by atoms with E-state index in [9.17, 15) is 9.59 Å². The third kappa shape index (κ3) is 4.22. The van der Waals surface area contributed by atoms with E-state index in [1.807, 2.05) is 12.1 Å². The SMILES string of the molecule is CC[C@@H](NC(=O)Nc1ccccc1I)C(=O)O. The molecular weight excluding hydrogens is 335 g/mol. The minimum absolute atomic E-state index is 0.342. The summed E-state index contributed by atoms with van der Waals surface area (Å²) in [6, 6.07) is 5.89. The van der Waals surface area contributed by atoms with Crippen molar-refractivity contribution in [1.29, 1.82) is 0 Å². The molecule has 0 unspecified atom stereocenters. The predicted octanol–water partition coefficient (Wildman–Crippen LogP) is 2.28. The molecule has 92 valence electrons. The van der Waals surface area contributed by atoms with Gasteiger partial charge in [-0.15, -0.1) is 0 Å². The number of carbonyl (C=O) groups is 2. The molecule has 1 aromatic rings. The van der Waals surface area contributed by atoms with Gasteiger partial charge in [0.15, 0.2) is 0 Å². The van der Waals surface area contributed by atoms with Gasteiger partial charge in [0, 0.05) is 3.57 Å². The Balaban J connectivity index is 2.61. The third-order valence-corrected chi connectivity index (χ3v) is 3.07. The summed E-state index contributed by atoms with van der Waals surface area (Å²) in [5.41, 5.74) is 0.658. The molecule has 0 aliphatic rings. The average Bonchev–Trinajstić information content (AvgIpc) is 2.28. The largest absolute Gasteiger partial charge is 0.480 e. The van der Waals surface area contributed by atoms with Gasteiger partial charge in [0.1, 0.15) is 6.04 Å². The topological polar surface area (TPSA) is 78.4 Å². The van der Waals surface area contributed by atoms with Crippen molar-refractivity contribution in [2.45, 2.75) is 19.4 Å². The van der Waals surface area contributed by atoms with Crippen LogP contribution in [0.3, 0.4) is 0 Å². The molecule has 5 nitrogen and oxygen atoms in total. The Hall–Kier alpha value is -1.31. The number of halogens is 1. The van der Waals surface area contributed by atoms with Crippen LogP contribution in [0.2, 0.25) is 0 Å². The number of nitrogens with one attached hydrogen (secondary N) is 2. The van der Waals surface area contributed by atoms with E-state index in [1.54, 1.807) is 19.1 Å². The third-order valence-electron chi connectivity index (χ3n) is 2.13. The number of anilines is 1. The minimum atomic E-state index is -1.04. The molecule has 17 heavy (non-hydrogen) atoms. The number of carboxylic acids is 1. The Morgan fingerprint density at radius 3 is 2.59 bits per heavy atom. The van der Waals surface area contributed by atoms with Crippen LogP contribution in [-0.4, -0.2) is 23.1 Å². The summed E-state index contributed by atoms with van der Waals surface area (Å²) in [5, 5.41) is 13.8. The van der Waals surface area contributed by atoms with Gasteiger partial charge in [-0.05, 0) is 41.1 Å². The van der Waals surface area contributed by atoms with E-state index < -0.39 is 18.0 Å². The normalized spacial score (nSPS) is 11.6. The first-order valence-corrected chi connectivity index (χ1v) is 6.17. The van der Waals surface area contributed by atoms with Gasteiger partial charge in [0.25, 0.3) is 0 Å². The van der Waals surface area contributed by atoms with Crippen molar-refractivity contribution in [2.75, 3.05) is 5.32 Å². The van der Waals surface area contributed by atoms with Gasteiger partial charge in [-0.25, -0.2) is 9.59 Å². The van der Waals surface area contributed by atoms with Crippen molar-refractivity contribution in [3.8, 4) is 0 Å². The second kappa shape index (κ2) is 6.43. The second-order valence-corrected chi connectivity index (χ2v) is 4.54. The van der Waals surface area contributed by atoms with Crippen LogP contribution in [0.15, 0.2) is 24.3 Å². The monoisotopic (exact) mass is 348 g/mol. The Kier molecular flexibility index (Phi) is 5.20. The summed E-state index contributed by atoms with van der Waals surface area (Å²) in [4.78, 5) is 22.3. The molecule has 6 heteroatoms. The number of rotatable bonds is 4. The van der Waals surface area contributed by atoms with Crippen LogP contribution in [0.25, 0.3) is 0 Å². The van der Waals surface area contributed by atoms with Crippen LogP contribution >= 0.6 is 22.6 Å². The van der Waals surface area contributed by atoms with Crippen molar-refractivity contribution < 1.29 is 14.7 Å². The summed E-state index contributed by atoms with van der Waals surface area (Å²) in [7, 11) is 0. The molecule has 0 radical (unpaired) electrons. The molecule has 1 rings (SSSR count). The van der Waals surface area contributed by atoms with E-state index in [4.69, 9.17) is 5.11 Å². The highest BCUT2D eigenvalue weighted by Crippen LogP contribution is 2.16. The zero-order valence-corrected chi connectivity index (χ0v) is 11.4. The maximum atomic E-state index is 11.5. The summed E-state index contributed by atoms with van der Waals surface area (Å²) in [6.45, 7) is 1.70. The van der Waals surface area contributed by atoms with E-state index in [2.05, 4.69) is 33.2 Å². The summed E-state index contributed by atoms with van der Waals surface area (Å²) in [6.07, 6.45) is 0.342. The first kappa shape index (κ1) is 13.8. The summed E-state index contributed by atoms with van der Waals surface area (Å²) < 4.78 is 0.892. The maximum absolute atomic E-state index is 11.5. The number of carbonyl (C=O) groups excluding carboxylic acids is 1. The van der Waals surface area contributed by atoms with E-state index >= 15 is 0 Å². The molecule has 3 N–H and O–H groups in total. The highest BCUT2D eigenvalue weighted by Gasteiger charge is 2.17. The lowest BCUT2D eigenvalue weighted by molar-refractivity contribution is -0.139. The number of carboxylic acid groups (broad SMARTS) is 1. The zero-order chi connectivity index (χ0) is 12.8. The zero-order valence-electron chi connectivity index (χ0n) is 9.24. The van der Waals surface area contributed by atoms with E-state index in [0.717, 1.165) is 3.57 Å². The smallest absolute Gasteiger partial charge is 0.326 e. The van der Waals surface area contributed by atoms with E-state index in [1.165, 1.54) is 0 Å². The first-order valence-electron chi connectivity index (χ1n) is 5.09. The van der Waals surface area contributed by atoms with Crippen LogP contribution in [-0.2, 0) is 4.79 Å². The lowest BCUT2D eigenvalue weighted by Crippen LogP contribution is -2.42. The highest BCUT2D eigenvalue weighted by molar-refractivity contribution is 14.1. The van der Waals surface area contributed by atoms with Crippen molar-refractivity contribution >= 4 is 40.3 Å². The molecule has 0 saturated carbocycles. The summed E-state index contributed by atoms with van der Waals surface area (Å²) >= 11 is 2.09. The minimum Gasteiger partial charge on any atom is -0.480 e. The number of benzene rings is 1. The number of para-hydroxylation sites is 1. The molecular formula is C11H13IN2O3. The lowest BCUT2D eigenvalue weighted by atomic mass is 10.2. The van der Waals surface area contributed by atoms with E-state index in [0.29, 0.717) is 12.1 Å². The van der Waals surface area contributed by atoms with Gasteiger partial charge < -0.3 is 15.7 Å². The Morgan fingerprint density at radius 1 is 1.41 bits per heavy atom. The highest BCUT2D eigenvalue weighted by atomic mass is 127. The van der Waals surface area contributed by atoms with Crippen LogP contribution < -0.4 is 10.6 Å². The van der Waals surface area contributed by atoms with Gasteiger partial charge in [-0.1, -0.05) is 19.1 Å². The lowest BCUT2D eigenvalue weighted by Gasteiger charge is -2.13. The van der Waals surface area contributed by atoms with E-state index in [-0.39, 0.29) is 0 Å². The van der Waals surface area contributed by atoms with Crippen molar-refractivity contribution in [3.05, 3.63) is 27.8 Å². The molecule has 0 bridgehead atoms. The van der Waals surface area contributed by atoms with Crippen LogP contribution in [0.5, 0.6) is 0 Å². The molecule has 0 aliphatic heterocycles. The van der Waals surface area contributed by atoms with Gasteiger partial charge in [-0.3, -0.25) is 0 Å². The fourth-order valence-electron chi connectivity index (χ4n) is 1.22. The number of hydrogen-bond donors (Lipinski definition) is 3. The molecule has 0 spiro atoms. The molecule has 1 atom stereocenters. The number of urea groups is 1.